The van der Waals surface area contributed by atoms with Gasteiger partial charge in [0.2, 0.25) is 0 Å². The van der Waals surface area contributed by atoms with E-state index in [1.54, 1.807) is 18.2 Å². The Morgan fingerprint density at radius 1 is 1.14 bits per heavy atom. The molecule has 0 radical (unpaired) electrons. The molecule has 2 aromatic rings. The highest BCUT2D eigenvalue weighted by Gasteiger charge is 2.08. The van der Waals surface area contributed by atoms with E-state index in [0.29, 0.717) is 11.3 Å². The summed E-state index contributed by atoms with van der Waals surface area (Å²) in [6.07, 6.45) is 0. The Balaban J connectivity index is 2.14. The van der Waals surface area contributed by atoms with E-state index in [-0.39, 0.29) is 18.2 Å². The lowest BCUT2D eigenvalue weighted by atomic mass is 10.1. The van der Waals surface area contributed by atoms with Gasteiger partial charge >= 0.3 is 0 Å². The van der Waals surface area contributed by atoms with Crippen LogP contribution in [0.3, 0.4) is 0 Å². The second kappa shape index (κ2) is 6.21. The van der Waals surface area contributed by atoms with Crippen molar-refractivity contribution in [1.29, 1.82) is 5.41 Å². The third kappa shape index (κ3) is 3.47. The minimum absolute atomic E-state index is 0.124. The number of nitrogens with two attached hydrogens (primary N) is 1. The number of hydrogen-bond acceptors (Lipinski definition) is 3. The summed E-state index contributed by atoms with van der Waals surface area (Å²) in [5, 5.41) is 7.49. The monoisotopic (exact) mass is 292 g/mol. The van der Waals surface area contributed by atoms with Gasteiger partial charge in [-0.1, -0.05) is 6.07 Å². The molecule has 21 heavy (non-hydrogen) atoms. The topological polar surface area (TPSA) is 68.3 Å². The van der Waals surface area contributed by atoms with Crippen LogP contribution in [0.15, 0.2) is 36.4 Å². The molecule has 2 rings (SSSR count). The van der Waals surface area contributed by atoms with E-state index < -0.39 is 11.6 Å². The summed E-state index contributed by atoms with van der Waals surface area (Å²) in [5.74, 6) is -1.31. The Labute approximate surface area is 120 Å². The molecule has 0 atom stereocenters. The molecule has 0 saturated heterocycles. The highest BCUT2D eigenvalue weighted by Crippen LogP contribution is 2.21. The van der Waals surface area contributed by atoms with Gasteiger partial charge in [0.15, 0.2) is 11.6 Å². The van der Waals surface area contributed by atoms with Gasteiger partial charge in [-0.05, 0) is 29.8 Å². The SMILES string of the molecule is COc1ccc(COc2ccc(F)c(F)c2)cc1C(=N)N. The zero-order valence-corrected chi connectivity index (χ0v) is 11.3. The number of rotatable bonds is 5. The quantitative estimate of drug-likeness (QED) is 0.657. The fourth-order valence-corrected chi connectivity index (χ4v) is 1.79. The van der Waals surface area contributed by atoms with E-state index in [2.05, 4.69) is 0 Å². The van der Waals surface area contributed by atoms with E-state index in [4.69, 9.17) is 20.6 Å². The molecule has 0 fully saturated rings. The van der Waals surface area contributed by atoms with Crippen molar-refractivity contribution in [2.24, 2.45) is 5.73 Å². The molecule has 4 nitrogen and oxygen atoms in total. The van der Waals surface area contributed by atoms with Gasteiger partial charge in [-0.3, -0.25) is 5.41 Å². The second-order valence-electron chi connectivity index (χ2n) is 4.31. The first-order valence-electron chi connectivity index (χ1n) is 6.10. The maximum absolute atomic E-state index is 13.1. The van der Waals surface area contributed by atoms with E-state index in [1.165, 1.54) is 13.2 Å². The van der Waals surface area contributed by atoms with Crippen LogP contribution in [-0.2, 0) is 6.61 Å². The summed E-state index contributed by atoms with van der Waals surface area (Å²) < 4.78 is 36.3. The van der Waals surface area contributed by atoms with E-state index in [9.17, 15) is 8.78 Å². The average molecular weight is 292 g/mol. The Morgan fingerprint density at radius 2 is 1.90 bits per heavy atom. The van der Waals surface area contributed by atoms with Crippen LogP contribution in [0.5, 0.6) is 11.5 Å². The molecule has 110 valence electrons. The van der Waals surface area contributed by atoms with Crippen molar-refractivity contribution in [3.05, 3.63) is 59.2 Å². The number of nitrogen functional groups attached to an aromatic ring is 1. The van der Waals surface area contributed by atoms with Crippen molar-refractivity contribution in [1.82, 2.24) is 0 Å². The fourth-order valence-electron chi connectivity index (χ4n) is 1.79. The second-order valence-corrected chi connectivity index (χ2v) is 4.31. The summed E-state index contributed by atoms with van der Waals surface area (Å²) in [7, 11) is 1.49. The van der Waals surface area contributed by atoms with Gasteiger partial charge in [0.05, 0.1) is 12.7 Å². The van der Waals surface area contributed by atoms with Gasteiger partial charge < -0.3 is 15.2 Å². The van der Waals surface area contributed by atoms with Crippen molar-refractivity contribution < 1.29 is 18.3 Å². The summed E-state index contributed by atoms with van der Waals surface area (Å²) in [6, 6.07) is 8.38. The van der Waals surface area contributed by atoms with Gasteiger partial charge in [-0.15, -0.1) is 0 Å². The van der Waals surface area contributed by atoms with Gasteiger partial charge in [0.25, 0.3) is 0 Å². The predicted molar refractivity (Wildman–Crippen MR) is 74.7 cm³/mol. The van der Waals surface area contributed by atoms with Gasteiger partial charge in [-0.25, -0.2) is 8.78 Å². The summed E-state index contributed by atoms with van der Waals surface area (Å²) >= 11 is 0. The first-order chi connectivity index (χ1) is 10.0. The minimum atomic E-state index is -0.966. The number of hydrogen-bond donors (Lipinski definition) is 2. The van der Waals surface area contributed by atoms with Gasteiger partial charge in [0.1, 0.15) is 23.9 Å². The molecule has 0 unspecified atom stereocenters. The number of ether oxygens (including phenoxy) is 2. The summed E-state index contributed by atoms with van der Waals surface area (Å²) in [4.78, 5) is 0. The molecule has 3 N–H and O–H groups in total. The van der Waals surface area contributed by atoms with E-state index in [0.717, 1.165) is 17.7 Å². The zero-order valence-electron chi connectivity index (χ0n) is 11.3. The van der Waals surface area contributed by atoms with Crippen LogP contribution in [0.4, 0.5) is 8.78 Å². The Kier molecular flexibility index (Phi) is 4.37. The van der Waals surface area contributed by atoms with Crippen LogP contribution in [-0.4, -0.2) is 12.9 Å². The smallest absolute Gasteiger partial charge is 0.162 e. The lowest BCUT2D eigenvalue weighted by molar-refractivity contribution is 0.303. The van der Waals surface area contributed by atoms with Crippen molar-refractivity contribution in [2.75, 3.05) is 7.11 Å². The minimum Gasteiger partial charge on any atom is -0.496 e. The zero-order chi connectivity index (χ0) is 15.4. The highest BCUT2D eigenvalue weighted by atomic mass is 19.2. The maximum atomic E-state index is 13.1. The summed E-state index contributed by atoms with van der Waals surface area (Å²) in [5.41, 5.74) is 6.65. The Hall–Kier alpha value is -2.63. The van der Waals surface area contributed by atoms with E-state index >= 15 is 0 Å². The maximum Gasteiger partial charge on any atom is 0.162 e. The lowest BCUT2D eigenvalue weighted by Gasteiger charge is -2.11. The highest BCUT2D eigenvalue weighted by molar-refractivity contribution is 5.97. The standard InChI is InChI=1S/C15H14F2N2O2/c1-20-14-5-2-9(6-11(14)15(18)19)8-21-10-3-4-12(16)13(17)7-10/h2-7H,8H2,1H3,(H3,18,19). The third-order valence-corrected chi connectivity index (χ3v) is 2.85. The molecular weight excluding hydrogens is 278 g/mol. The molecule has 6 heteroatoms. The van der Waals surface area contributed by atoms with Crippen LogP contribution < -0.4 is 15.2 Å². The molecule has 0 aliphatic carbocycles. The molecule has 0 saturated carbocycles. The van der Waals surface area contributed by atoms with Crippen LogP contribution in [0.2, 0.25) is 0 Å². The van der Waals surface area contributed by atoms with Crippen LogP contribution in [0.25, 0.3) is 0 Å². The van der Waals surface area contributed by atoms with Crippen LogP contribution >= 0.6 is 0 Å². The molecule has 0 heterocycles. The molecule has 0 spiro atoms. The molecular formula is C15H14F2N2O2. The Bertz CT molecular complexity index is 675. The van der Waals surface area contributed by atoms with Gasteiger partial charge in [0, 0.05) is 6.07 Å². The van der Waals surface area contributed by atoms with Crippen molar-refractivity contribution >= 4 is 5.84 Å². The first kappa shape index (κ1) is 14.8. The van der Waals surface area contributed by atoms with Gasteiger partial charge in [-0.2, -0.15) is 0 Å². The number of nitrogens with one attached hydrogen (secondary N) is 1. The average Bonchev–Trinajstić information content (AvgIpc) is 2.48. The van der Waals surface area contributed by atoms with E-state index in [1.807, 2.05) is 0 Å². The van der Waals surface area contributed by atoms with Crippen molar-refractivity contribution in [3.8, 4) is 11.5 Å². The third-order valence-electron chi connectivity index (χ3n) is 2.85. The van der Waals surface area contributed by atoms with Crippen molar-refractivity contribution in [2.45, 2.75) is 6.61 Å². The normalized spacial score (nSPS) is 10.2. The molecule has 2 aromatic carbocycles. The molecule has 0 aliphatic heterocycles. The lowest BCUT2D eigenvalue weighted by Crippen LogP contribution is -2.13. The summed E-state index contributed by atoms with van der Waals surface area (Å²) in [6.45, 7) is 0.134. The van der Waals surface area contributed by atoms with Crippen LogP contribution in [0.1, 0.15) is 11.1 Å². The van der Waals surface area contributed by atoms with Crippen molar-refractivity contribution in [3.63, 3.8) is 0 Å². The largest absolute Gasteiger partial charge is 0.496 e. The predicted octanol–water partition coefficient (Wildman–Crippen LogP) is 2.84. The van der Waals surface area contributed by atoms with Crippen LogP contribution in [0, 0.1) is 17.0 Å². The first-order valence-corrected chi connectivity index (χ1v) is 6.10. The fraction of sp³-hybridized carbons (Fsp3) is 0.133. The number of halogens is 2. The Morgan fingerprint density at radius 3 is 2.52 bits per heavy atom. The molecule has 0 aliphatic rings. The number of benzene rings is 2. The number of amidine groups is 1. The number of methoxy groups -OCH3 is 1. The molecule has 0 bridgehead atoms. The molecule has 0 aromatic heterocycles. The molecule has 0 amide bonds.